The first-order valence-electron chi connectivity index (χ1n) is 6.71. The lowest BCUT2D eigenvalue weighted by molar-refractivity contribution is 0.0943. The number of carbonyl (C=O) groups is 1. The molecular formula is C15H18N4O2. The number of carbonyl (C=O) groups excluding carboxylic acids is 1. The van der Waals surface area contributed by atoms with Crippen molar-refractivity contribution >= 4 is 17.4 Å². The van der Waals surface area contributed by atoms with Gasteiger partial charge in [-0.25, -0.2) is 9.97 Å². The lowest BCUT2D eigenvalue weighted by Gasteiger charge is -2.06. The molecule has 0 aliphatic carbocycles. The molecule has 21 heavy (non-hydrogen) atoms. The monoisotopic (exact) mass is 286 g/mol. The molecule has 0 spiro atoms. The molecule has 2 aromatic rings. The Morgan fingerprint density at radius 3 is 2.67 bits per heavy atom. The number of amides is 1. The second-order valence-electron chi connectivity index (χ2n) is 4.38. The highest BCUT2D eigenvalue weighted by Gasteiger charge is 2.07. The topological polar surface area (TPSA) is 76.1 Å². The summed E-state index contributed by atoms with van der Waals surface area (Å²) >= 11 is 0. The van der Waals surface area contributed by atoms with Gasteiger partial charge in [-0.3, -0.25) is 4.79 Å². The van der Waals surface area contributed by atoms with E-state index < -0.39 is 0 Å². The third-order valence-corrected chi connectivity index (χ3v) is 2.74. The van der Waals surface area contributed by atoms with Gasteiger partial charge in [0.25, 0.3) is 5.91 Å². The van der Waals surface area contributed by atoms with Crippen LogP contribution in [0.1, 0.15) is 16.9 Å². The van der Waals surface area contributed by atoms with Crippen LogP contribution < -0.4 is 10.6 Å². The van der Waals surface area contributed by atoms with E-state index in [1.807, 2.05) is 30.3 Å². The van der Waals surface area contributed by atoms with Gasteiger partial charge in [0.15, 0.2) is 0 Å². The maximum absolute atomic E-state index is 11.8. The molecule has 0 aliphatic rings. The quantitative estimate of drug-likeness (QED) is 0.761. The van der Waals surface area contributed by atoms with E-state index in [4.69, 9.17) is 4.74 Å². The summed E-state index contributed by atoms with van der Waals surface area (Å²) in [6, 6.07) is 9.65. The van der Waals surface area contributed by atoms with Crippen molar-refractivity contribution in [1.29, 1.82) is 0 Å². The molecule has 0 aliphatic heterocycles. The van der Waals surface area contributed by atoms with E-state index in [1.54, 1.807) is 7.11 Å². The van der Waals surface area contributed by atoms with Crippen molar-refractivity contribution in [2.45, 2.75) is 6.42 Å². The molecule has 0 saturated heterocycles. The van der Waals surface area contributed by atoms with Crippen LogP contribution in [0.4, 0.5) is 11.5 Å². The summed E-state index contributed by atoms with van der Waals surface area (Å²) in [4.78, 5) is 20.1. The summed E-state index contributed by atoms with van der Waals surface area (Å²) in [7, 11) is 1.63. The smallest absolute Gasteiger partial charge is 0.271 e. The molecule has 1 amide bonds. The number of nitrogens with zero attached hydrogens (tertiary/aromatic N) is 2. The summed E-state index contributed by atoms with van der Waals surface area (Å²) < 4.78 is 4.91. The van der Waals surface area contributed by atoms with E-state index in [0.717, 1.165) is 12.1 Å². The minimum absolute atomic E-state index is 0.232. The molecule has 0 bridgehead atoms. The summed E-state index contributed by atoms with van der Waals surface area (Å²) in [6.45, 7) is 1.17. The van der Waals surface area contributed by atoms with Crippen LogP contribution >= 0.6 is 0 Å². The first kappa shape index (κ1) is 14.9. The van der Waals surface area contributed by atoms with Crippen molar-refractivity contribution in [3.8, 4) is 0 Å². The fourth-order valence-corrected chi connectivity index (χ4v) is 1.69. The van der Waals surface area contributed by atoms with Gasteiger partial charge in [0.1, 0.15) is 11.5 Å². The fourth-order valence-electron chi connectivity index (χ4n) is 1.69. The Balaban J connectivity index is 1.88. The van der Waals surface area contributed by atoms with E-state index in [0.29, 0.717) is 24.7 Å². The zero-order valence-corrected chi connectivity index (χ0v) is 11.9. The zero-order valence-electron chi connectivity index (χ0n) is 11.9. The molecule has 1 aromatic heterocycles. The number of rotatable bonds is 7. The Morgan fingerprint density at radius 2 is 2.00 bits per heavy atom. The Bertz CT molecular complexity index is 558. The predicted molar refractivity (Wildman–Crippen MR) is 80.6 cm³/mol. The molecule has 1 heterocycles. The number of ether oxygens (including phenoxy) is 1. The highest BCUT2D eigenvalue weighted by atomic mass is 16.5. The number of anilines is 2. The number of nitrogens with one attached hydrogen (secondary N) is 2. The van der Waals surface area contributed by atoms with Crippen LogP contribution in [0, 0.1) is 0 Å². The second kappa shape index (κ2) is 7.96. The van der Waals surface area contributed by atoms with Gasteiger partial charge in [0.05, 0.1) is 12.4 Å². The van der Waals surface area contributed by atoms with E-state index >= 15 is 0 Å². The van der Waals surface area contributed by atoms with Crippen molar-refractivity contribution in [3.05, 3.63) is 48.4 Å². The van der Waals surface area contributed by atoms with E-state index in [9.17, 15) is 4.79 Å². The van der Waals surface area contributed by atoms with E-state index in [-0.39, 0.29) is 5.91 Å². The number of benzene rings is 1. The van der Waals surface area contributed by atoms with Gasteiger partial charge in [-0.15, -0.1) is 0 Å². The molecule has 2 N–H and O–H groups in total. The molecule has 0 fully saturated rings. The maximum Gasteiger partial charge on any atom is 0.271 e. The van der Waals surface area contributed by atoms with Gasteiger partial charge in [0.2, 0.25) is 0 Å². The highest BCUT2D eigenvalue weighted by molar-refractivity contribution is 5.92. The number of hydrogen-bond acceptors (Lipinski definition) is 5. The van der Waals surface area contributed by atoms with Crippen LogP contribution in [-0.4, -0.2) is 36.1 Å². The van der Waals surface area contributed by atoms with E-state index in [2.05, 4.69) is 20.6 Å². The first-order chi connectivity index (χ1) is 10.3. The Labute approximate surface area is 123 Å². The molecule has 0 radical (unpaired) electrons. The van der Waals surface area contributed by atoms with Crippen molar-refractivity contribution in [2.75, 3.05) is 25.6 Å². The SMILES string of the molecule is COCCCNC(=O)c1cnc(Nc2ccccc2)cn1. The molecular weight excluding hydrogens is 268 g/mol. The molecule has 6 nitrogen and oxygen atoms in total. The fraction of sp³-hybridized carbons (Fsp3) is 0.267. The summed E-state index contributed by atoms with van der Waals surface area (Å²) in [5, 5.41) is 5.87. The molecule has 6 heteroatoms. The van der Waals surface area contributed by atoms with Crippen LogP contribution in [0.3, 0.4) is 0 Å². The van der Waals surface area contributed by atoms with Gasteiger partial charge in [-0.1, -0.05) is 18.2 Å². The minimum Gasteiger partial charge on any atom is -0.385 e. The van der Waals surface area contributed by atoms with Crippen LogP contribution in [0.5, 0.6) is 0 Å². The largest absolute Gasteiger partial charge is 0.385 e. The average Bonchev–Trinajstić information content (AvgIpc) is 2.53. The van der Waals surface area contributed by atoms with Gasteiger partial charge < -0.3 is 15.4 Å². The standard InChI is InChI=1S/C15H18N4O2/c1-21-9-5-8-16-15(20)13-10-18-14(11-17-13)19-12-6-3-2-4-7-12/h2-4,6-7,10-11H,5,8-9H2,1H3,(H,16,20)(H,18,19). The van der Waals surface area contributed by atoms with Crippen molar-refractivity contribution in [3.63, 3.8) is 0 Å². The molecule has 2 rings (SSSR count). The molecule has 0 saturated carbocycles. The van der Waals surface area contributed by atoms with Crippen molar-refractivity contribution in [1.82, 2.24) is 15.3 Å². The lowest BCUT2D eigenvalue weighted by atomic mass is 10.3. The summed E-state index contributed by atoms with van der Waals surface area (Å²) in [6.07, 6.45) is 3.76. The Morgan fingerprint density at radius 1 is 1.19 bits per heavy atom. The van der Waals surface area contributed by atoms with Crippen LogP contribution in [-0.2, 0) is 4.74 Å². The molecule has 110 valence electrons. The second-order valence-corrected chi connectivity index (χ2v) is 4.38. The average molecular weight is 286 g/mol. The number of aromatic nitrogens is 2. The first-order valence-corrected chi connectivity index (χ1v) is 6.71. The Hall–Kier alpha value is -2.47. The highest BCUT2D eigenvalue weighted by Crippen LogP contribution is 2.12. The Kier molecular flexibility index (Phi) is 5.66. The van der Waals surface area contributed by atoms with Crippen LogP contribution in [0.2, 0.25) is 0 Å². The number of methoxy groups -OCH3 is 1. The minimum atomic E-state index is -0.232. The normalized spacial score (nSPS) is 10.1. The third kappa shape index (κ3) is 4.85. The predicted octanol–water partition coefficient (Wildman–Crippen LogP) is 1.99. The molecule has 0 atom stereocenters. The lowest BCUT2D eigenvalue weighted by Crippen LogP contribution is -2.26. The van der Waals surface area contributed by atoms with Crippen LogP contribution in [0.15, 0.2) is 42.7 Å². The van der Waals surface area contributed by atoms with Crippen molar-refractivity contribution in [2.24, 2.45) is 0 Å². The maximum atomic E-state index is 11.8. The summed E-state index contributed by atoms with van der Waals surface area (Å²) in [5.41, 5.74) is 1.22. The molecule has 1 aromatic carbocycles. The van der Waals surface area contributed by atoms with Crippen molar-refractivity contribution < 1.29 is 9.53 Å². The van der Waals surface area contributed by atoms with Gasteiger partial charge >= 0.3 is 0 Å². The zero-order chi connectivity index (χ0) is 14.9. The summed E-state index contributed by atoms with van der Waals surface area (Å²) in [5.74, 6) is 0.363. The number of hydrogen-bond donors (Lipinski definition) is 2. The van der Waals surface area contributed by atoms with Gasteiger partial charge in [-0.05, 0) is 18.6 Å². The van der Waals surface area contributed by atoms with Gasteiger partial charge in [0, 0.05) is 25.9 Å². The number of para-hydroxylation sites is 1. The van der Waals surface area contributed by atoms with E-state index in [1.165, 1.54) is 12.4 Å². The van der Waals surface area contributed by atoms with Gasteiger partial charge in [-0.2, -0.15) is 0 Å². The molecule has 0 unspecified atom stereocenters. The van der Waals surface area contributed by atoms with Crippen LogP contribution in [0.25, 0.3) is 0 Å². The third-order valence-electron chi connectivity index (χ3n) is 2.74.